The van der Waals surface area contributed by atoms with Crippen molar-refractivity contribution < 1.29 is 45.1 Å². The number of carbonyl (C=O) groups excluding carboxylic acids is 2. The predicted molar refractivity (Wildman–Crippen MR) is 148 cm³/mol. The maximum atomic E-state index is 14.0. The number of ether oxygens (including phenoxy) is 1. The third-order valence-corrected chi connectivity index (χ3v) is 7.88. The maximum absolute atomic E-state index is 14.0. The van der Waals surface area contributed by atoms with Crippen LogP contribution in [-0.2, 0) is 32.1 Å². The lowest BCUT2D eigenvalue weighted by atomic mass is 9.81. The number of halogens is 7. The number of pyridine rings is 1. The first-order valence-electron chi connectivity index (χ1n) is 13.5. The van der Waals surface area contributed by atoms with Crippen LogP contribution in [0.4, 0.5) is 36.4 Å². The molecule has 4 rings (SSSR count). The lowest BCUT2D eigenvalue weighted by molar-refractivity contribution is -0.144. The van der Waals surface area contributed by atoms with E-state index in [9.17, 15) is 40.3 Å². The average Bonchev–Trinajstić information content (AvgIpc) is 3.45. The van der Waals surface area contributed by atoms with E-state index in [1.54, 1.807) is 13.0 Å². The van der Waals surface area contributed by atoms with E-state index in [2.05, 4.69) is 10.3 Å². The molecule has 0 bridgehead atoms. The number of likely N-dealkylation sites (N-methyl/N-ethyl adjacent to an activating group) is 1. The number of alkyl halides is 6. The largest absolute Gasteiger partial charge is 0.468 e. The van der Waals surface area contributed by atoms with Gasteiger partial charge in [-0.1, -0.05) is 6.07 Å². The van der Waals surface area contributed by atoms with E-state index >= 15 is 0 Å². The zero-order valence-electron chi connectivity index (χ0n) is 24.5. The fourth-order valence-corrected chi connectivity index (χ4v) is 5.34. The number of aromatic nitrogens is 1. The van der Waals surface area contributed by atoms with Gasteiger partial charge in [-0.15, -0.1) is 0 Å². The number of nitrogens with one attached hydrogen (secondary N) is 1. The van der Waals surface area contributed by atoms with Crippen LogP contribution in [0.1, 0.15) is 60.7 Å². The Morgan fingerprint density at radius 1 is 0.909 bits per heavy atom. The molecule has 0 aliphatic carbocycles. The Labute approximate surface area is 249 Å². The van der Waals surface area contributed by atoms with Crippen LogP contribution in [0.5, 0.6) is 0 Å². The first kappa shape index (κ1) is 32.9. The molecule has 2 atom stereocenters. The number of hydrogen-bond donors (Lipinski definition) is 1. The lowest BCUT2D eigenvalue weighted by Crippen LogP contribution is -2.42. The second kappa shape index (κ2) is 11.8. The number of aryl methyl sites for hydroxylation is 1. The Bertz CT molecular complexity index is 1550. The summed E-state index contributed by atoms with van der Waals surface area (Å²) in [5.74, 6) is -1.75. The first-order chi connectivity index (χ1) is 20.3. The molecule has 0 unspecified atom stereocenters. The minimum atomic E-state index is -5.09. The van der Waals surface area contributed by atoms with Gasteiger partial charge in [0.1, 0.15) is 11.9 Å². The molecule has 44 heavy (non-hydrogen) atoms. The molecule has 2 aromatic carbocycles. The van der Waals surface area contributed by atoms with Crippen molar-refractivity contribution in [2.75, 3.05) is 19.1 Å². The van der Waals surface area contributed by atoms with Crippen molar-refractivity contribution in [3.05, 3.63) is 82.4 Å². The van der Waals surface area contributed by atoms with Crippen LogP contribution in [0.15, 0.2) is 48.7 Å². The summed E-state index contributed by atoms with van der Waals surface area (Å²) in [5, 5.41) is 3.15. The van der Waals surface area contributed by atoms with Crippen molar-refractivity contribution in [2.45, 2.75) is 63.5 Å². The summed E-state index contributed by atoms with van der Waals surface area (Å²) in [6.45, 7) is 4.12. The zero-order valence-corrected chi connectivity index (χ0v) is 24.5. The number of rotatable bonds is 6. The van der Waals surface area contributed by atoms with E-state index in [1.165, 1.54) is 52.4 Å². The highest BCUT2D eigenvalue weighted by molar-refractivity contribution is 6.03. The van der Waals surface area contributed by atoms with Gasteiger partial charge >= 0.3 is 18.3 Å². The Kier molecular flexibility index (Phi) is 8.85. The monoisotopic (exact) mass is 625 g/mol. The number of methoxy groups -OCH3 is 1. The highest BCUT2D eigenvalue weighted by atomic mass is 19.4. The van der Waals surface area contributed by atoms with Crippen LogP contribution in [0.2, 0.25) is 0 Å². The van der Waals surface area contributed by atoms with Gasteiger partial charge < -0.3 is 9.64 Å². The Hall–Kier alpha value is -4.00. The van der Waals surface area contributed by atoms with Gasteiger partial charge in [-0.3, -0.25) is 19.9 Å². The first-order valence-corrected chi connectivity index (χ1v) is 13.5. The molecular formula is C31H30F7N3O3. The molecule has 1 saturated heterocycles. The second-order valence-electron chi connectivity index (χ2n) is 11.2. The molecular weight excluding hydrogens is 595 g/mol. The van der Waals surface area contributed by atoms with E-state index in [-0.39, 0.29) is 17.8 Å². The topological polar surface area (TPSA) is 71.5 Å². The summed E-state index contributed by atoms with van der Waals surface area (Å²) >= 11 is 0. The van der Waals surface area contributed by atoms with Gasteiger partial charge in [0.2, 0.25) is 5.91 Å². The summed E-state index contributed by atoms with van der Waals surface area (Å²) < 4.78 is 100. The normalized spacial score (nSPS) is 17.5. The Balaban J connectivity index is 1.80. The van der Waals surface area contributed by atoms with Gasteiger partial charge in [-0.05, 0) is 86.7 Å². The van der Waals surface area contributed by atoms with E-state index in [0.717, 1.165) is 4.90 Å². The molecule has 1 N–H and O–H groups in total. The fraction of sp³-hybridized carbons (Fsp3) is 0.387. The fourth-order valence-electron chi connectivity index (χ4n) is 5.34. The molecule has 0 saturated carbocycles. The number of amides is 1. The van der Waals surface area contributed by atoms with E-state index in [1.807, 2.05) is 0 Å². The molecule has 6 nitrogen and oxygen atoms in total. The number of nitrogens with zero attached hydrogens (tertiary/aromatic N) is 2. The maximum Gasteiger partial charge on any atom is 0.416 e. The van der Waals surface area contributed by atoms with Crippen LogP contribution < -0.4 is 10.2 Å². The smallest absolute Gasteiger partial charge is 0.416 e. The van der Waals surface area contributed by atoms with Gasteiger partial charge in [0.25, 0.3) is 0 Å². The quantitative estimate of drug-likeness (QED) is 0.233. The summed E-state index contributed by atoms with van der Waals surface area (Å²) in [6.07, 6.45) is -7.80. The molecule has 0 spiro atoms. The number of carbonyl (C=O) groups is 2. The highest BCUT2D eigenvalue weighted by Crippen LogP contribution is 2.41. The van der Waals surface area contributed by atoms with Gasteiger partial charge in [0, 0.05) is 12.6 Å². The predicted octanol–water partition coefficient (Wildman–Crippen LogP) is 7.14. The van der Waals surface area contributed by atoms with Crippen molar-refractivity contribution in [1.29, 1.82) is 0 Å². The minimum Gasteiger partial charge on any atom is -0.468 e. The second-order valence-corrected chi connectivity index (χ2v) is 11.2. The SMILES string of the molecule is COC(=O)[C@@H]1CC[C@@H](c2cc(-c3ccc(F)cc3C)c(N(C)C(=O)C(C)(C)c3cc(C(F)(F)F)cc(C(F)(F)F)c3)cn2)N1. The molecule has 1 amide bonds. The van der Waals surface area contributed by atoms with E-state index in [0.29, 0.717) is 47.4 Å². The summed E-state index contributed by atoms with van der Waals surface area (Å²) in [6, 6.07) is 5.83. The molecule has 236 valence electrons. The zero-order chi connectivity index (χ0) is 32.8. The third kappa shape index (κ3) is 6.57. The van der Waals surface area contributed by atoms with Gasteiger partial charge in [-0.25, -0.2) is 4.39 Å². The van der Waals surface area contributed by atoms with Crippen molar-refractivity contribution in [1.82, 2.24) is 10.3 Å². The number of hydrogen-bond acceptors (Lipinski definition) is 5. The molecule has 0 radical (unpaired) electrons. The molecule has 1 aromatic heterocycles. The molecule has 1 fully saturated rings. The third-order valence-electron chi connectivity index (χ3n) is 7.88. The van der Waals surface area contributed by atoms with Crippen LogP contribution >= 0.6 is 0 Å². The number of benzene rings is 2. The lowest BCUT2D eigenvalue weighted by Gasteiger charge is -2.32. The Morgan fingerprint density at radius 3 is 2.05 bits per heavy atom. The summed E-state index contributed by atoms with van der Waals surface area (Å²) in [7, 11) is 2.61. The van der Waals surface area contributed by atoms with Crippen molar-refractivity contribution in [3.8, 4) is 11.1 Å². The van der Waals surface area contributed by atoms with Crippen molar-refractivity contribution >= 4 is 17.6 Å². The summed E-state index contributed by atoms with van der Waals surface area (Å²) in [4.78, 5) is 31.5. The van der Waals surface area contributed by atoms with Crippen LogP contribution in [0.25, 0.3) is 11.1 Å². The van der Waals surface area contributed by atoms with E-state index < -0.39 is 58.2 Å². The molecule has 1 aliphatic rings. The van der Waals surface area contributed by atoms with Crippen molar-refractivity contribution in [3.63, 3.8) is 0 Å². The van der Waals surface area contributed by atoms with E-state index in [4.69, 9.17) is 4.74 Å². The number of anilines is 1. The minimum absolute atomic E-state index is 0.00758. The van der Waals surface area contributed by atoms with Crippen LogP contribution in [-0.4, -0.2) is 37.1 Å². The van der Waals surface area contributed by atoms with Crippen molar-refractivity contribution in [2.24, 2.45) is 0 Å². The Morgan fingerprint density at radius 2 is 1.50 bits per heavy atom. The molecule has 1 aliphatic heterocycles. The number of esters is 1. The summed E-state index contributed by atoms with van der Waals surface area (Å²) in [5.41, 5.74) is -3.27. The average molecular weight is 626 g/mol. The molecule has 13 heteroatoms. The van der Waals surface area contributed by atoms with Gasteiger partial charge in [0.15, 0.2) is 0 Å². The molecule has 2 heterocycles. The van der Waals surface area contributed by atoms with Crippen LogP contribution in [0.3, 0.4) is 0 Å². The standard InChI is InChI=1S/C31H30F7N3O3/c1-16-10-20(32)6-7-21(16)22-14-25(23-8-9-24(40-23)27(42)44-5)39-15-26(22)41(4)28(43)29(2,3)17-11-18(30(33,34)35)13-19(12-17)31(36,37)38/h6-7,10-15,23-24,40H,8-9H2,1-5H3/t23-,24-/m0/s1. The van der Waals surface area contributed by atoms with Gasteiger partial charge in [-0.2, -0.15) is 26.3 Å². The van der Waals surface area contributed by atoms with Crippen LogP contribution in [0, 0.1) is 12.7 Å². The molecule has 3 aromatic rings. The highest BCUT2D eigenvalue weighted by Gasteiger charge is 2.41. The van der Waals surface area contributed by atoms with Gasteiger partial charge in [0.05, 0.1) is 47.3 Å².